The highest BCUT2D eigenvalue weighted by Gasteiger charge is 2.43. The number of hydrogen-bond acceptors (Lipinski definition) is 9. The lowest BCUT2D eigenvalue weighted by Crippen LogP contribution is -2.18. The molecule has 2 heterocycles. The Bertz CT molecular complexity index is 1200. The molecule has 2 aromatic heterocycles. The number of methoxy groups -OCH3 is 2. The summed E-state index contributed by atoms with van der Waals surface area (Å²) in [6.45, 7) is 2.66. The van der Waals surface area contributed by atoms with Gasteiger partial charge >= 0.3 is 6.18 Å². The van der Waals surface area contributed by atoms with E-state index >= 15 is 0 Å². The van der Waals surface area contributed by atoms with E-state index in [4.69, 9.17) is 19.9 Å². The lowest BCUT2D eigenvalue weighted by molar-refractivity contribution is -0.141. The van der Waals surface area contributed by atoms with E-state index in [0.717, 1.165) is 12.8 Å². The topological polar surface area (TPSA) is 117 Å². The average Bonchev–Trinajstić information content (AvgIpc) is 3.54. The van der Waals surface area contributed by atoms with E-state index in [9.17, 15) is 13.2 Å². The first-order chi connectivity index (χ1) is 16.1. The Labute approximate surface area is 193 Å². The second-order valence-corrected chi connectivity index (χ2v) is 8.31. The minimum Gasteiger partial charge on any atom is -0.493 e. The highest BCUT2D eigenvalue weighted by atomic mass is 19.4. The fourth-order valence-electron chi connectivity index (χ4n) is 3.61. The molecule has 0 bridgehead atoms. The third kappa shape index (κ3) is 5.22. The summed E-state index contributed by atoms with van der Waals surface area (Å²) in [4.78, 5) is 16.3. The van der Waals surface area contributed by atoms with Crippen LogP contribution in [0.25, 0.3) is 10.9 Å². The Kier molecular flexibility index (Phi) is 6.34. The molecule has 0 atom stereocenters. The number of nitrogens with zero attached hydrogens (tertiary/aromatic N) is 4. The van der Waals surface area contributed by atoms with E-state index in [1.54, 1.807) is 33.3 Å². The summed E-state index contributed by atoms with van der Waals surface area (Å²) < 4.78 is 56.1. The van der Waals surface area contributed by atoms with Crippen LogP contribution in [0.2, 0.25) is 0 Å². The molecule has 0 amide bonds. The van der Waals surface area contributed by atoms with E-state index in [1.807, 2.05) is 0 Å². The molecule has 1 saturated carbocycles. The van der Waals surface area contributed by atoms with Crippen molar-refractivity contribution in [3.63, 3.8) is 0 Å². The van der Waals surface area contributed by atoms with Crippen molar-refractivity contribution in [3.05, 3.63) is 35.5 Å². The van der Waals surface area contributed by atoms with E-state index in [2.05, 4.69) is 25.3 Å². The molecule has 34 heavy (non-hydrogen) atoms. The van der Waals surface area contributed by atoms with E-state index < -0.39 is 11.9 Å². The highest BCUT2D eigenvalue weighted by Crippen LogP contribution is 2.47. The van der Waals surface area contributed by atoms with Gasteiger partial charge in [0.15, 0.2) is 11.5 Å². The van der Waals surface area contributed by atoms with Gasteiger partial charge in [0.25, 0.3) is 0 Å². The third-order valence-electron chi connectivity index (χ3n) is 5.53. The van der Waals surface area contributed by atoms with Gasteiger partial charge in [0, 0.05) is 30.0 Å². The van der Waals surface area contributed by atoms with Crippen LogP contribution < -0.4 is 20.5 Å². The van der Waals surface area contributed by atoms with Gasteiger partial charge in [0.05, 0.1) is 32.4 Å². The second kappa shape index (κ2) is 9.09. The number of nitrogens with one attached hydrogen (secondary N) is 1. The number of halogens is 3. The summed E-state index contributed by atoms with van der Waals surface area (Å²) in [6.07, 6.45) is -2.59. The number of benzene rings is 1. The Hall–Kier alpha value is -3.41. The van der Waals surface area contributed by atoms with Gasteiger partial charge in [0.1, 0.15) is 29.0 Å². The predicted molar refractivity (Wildman–Crippen MR) is 119 cm³/mol. The van der Waals surface area contributed by atoms with Crippen LogP contribution in [-0.4, -0.2) is 47.4 Å². The van der Waals surface area contributed by atoms with Gasteiger partial charge in [-0.1, -0.05) is 0 Å². The summed E-state index contributed by atoms with van der Waals surface area (Å²) >= 11 is 0. The number of nitrogens with two attached hydrogens (primary N) is 1. The zero-order valence-electron chi connectivity index (χ0n) is 19.0. The summed E-state index contributed by atoms with van der Waals surface area (Å²) in [5.74, 6) is 1.50. The van der Waals surface area contributed by atoms with Crippen LogP contribution >= 0.6 is 0 Å². The van der Waals surface area contributed by atoms with Gasteiger partial charge in [0.2, 0.25) is 0 Å². The number of rotatable bonds is 9. The van der Waals surface area contributed by atoms with Crippen LogP contribution in [0.3, 0.4) is 0 Å². The van der Waals surface area contributed by atoms with E-state index in [-0.39, 0.29) is 23.6 Å². The molecule has 0 saturated heterocycles. The predicted octanol–water partition coefficient (Wildman–Crippen LogP) is 3.76. The summed E-state index contributed by atoms with van der Waals surface area (Å²) in [5, 5.41) is 3.61. The zero-order valence-corrected chi connectivity index (χ0v) is 19.0. The molecule has 1 aromatic carbocycles. The molecule has 3 N–H and O–H groups in total. The van der Waals surface area contributed by atoms with Crippen molar-refractivity contribution in [2.24, 2.45) is 5.41 Å². The van der Waals surface area contributed by atoms with Gasteiger partial charge in [-0.3, -0.25) is 0 Å². The van der Waals surface area contributed by atoms with Crippen LogP contribution in [-0.2, 0) is 17.5 Å². The number of fused-ring (bicyclic) bond motifs is 1. The number of hydrogen-bond donors (Lipinski definition) is 2. The molecule has 182 valence electrons. The first-order valence-electron chi connectivity index (χ1n) is 10.5. The Morgan fingerprint density at radius 2 is 1.79 bits per heavy atom. The van der Waals surface area contributed by atoms with E-state index in [1.165, 1.54) is 0 Å². The maximum Gasteiger partial charge on any atom is 0.433 e. The van der Waals surface area contributed by atoms with Crippen LogP contribution in [0, 0.1) is 12.3 Å². The lowest BCUT2D eigenvalue weighted by Gasteiger charge is -2.18. The molecule has 9 nitrogen and oxygen atoms in total. The second-order valence-electron chi connectivity index (χ2n) is 8.31. The number of ether oxygens (including phenoxy) is 3. The average molecular weight is 478 g/mol. The van der Waals surface area contributed by atoms with Crippen LogP contribution in [0.15, 0.2) is 18.2 Å². The number of anilines is 2. The van der Waals surface area contributed by atoms with Gasteiger partial charge in [-0.25, -0.2) is 19.9 Å². The maximum absolute atomic E-state index is 13.1. The number of nitrogen functional groups attached to an aromatic ring is 1. The Balaban J connectivity index is 1.63. The molecule has 1 aliphatic carbocycles. The molecule has 0 unspecified atom stereocenters. The first-order valence-corrected chi connectivity index (χ1v) is 10.5. The van der Waals surface area contributed by atoms with E-state index in [0.29, 0.717) is 53.3 Å². The third-order valence-corrected chi connectivity index (χ3v) is 5.53. The largest absolute Gasteiger partial charge is 0.493 e. The smallest absolute Gasteiger partial charge is 0.433 e. The van der Waals surface area contributed by atoms with Gasteiger partial charge in [-0.05, 0) is 25.8 Å². The molecular weight excluding hydrogens is 453 g/mol. The number of aromatic nitrogens is 4. The van der Waals surface area contributed by atoms with Crippen molar-refractivity contribution >= 4 is 22.5 Å². The minimum atomic E-state index is -4.63. The number of alkyl halides is 3. The van der Waals surface area contributed by atoms with Crippen LogP contribution in [0.5, 0.6) is 11.5 Å². The van der Waals surface area contributed by atoms with Gasteiger partial charge in [-0.15, -0.1) is 0 Å². The Morgan fingerprint density at radius 3 is 2.44 bits per heavy atom. The minimum absolute atomic E-state index is 0.000341. The summed E-state index contributed by atoms with van der Waals surface area (Å²) in [5.41, 5.74) is 5.02. The molecule has 0 aliphatic heterocycles. The molecule has 1 fully saturated rings. The Morgan fingerprint density at radius 1 is 1.03 bits per heavy atom. The quantitative estimate of drug-likeness (QED) is 0.474. The lowest BCUT2D eigenvalue weighted by atomic mass is 10.1. The van der Waals surface area contributed by atoms with Crippen molar-refractivity contribution in [3.8, 4) is 11.5 Å². The summed E-state index contributed by atoms with van der Waals surface area (Å²) in [7, 11) is 3.20. The van der Waals surface area contributed by atoms with Crippen LogP contribution in [0.4, 0.5) is 24.8 Å². The molecule has 12 heteroatoms. The van der Waals surface area contributed by atoms with Crippen LogP contribution in [0.1, 0.15) is 30.2 Å². The molecule has 0 spiro atoms. The molecule has 3 aromatic rings. The van der Waals surface area contributed by atoms with Crippen molar-refractivity contribution in [1.82, 2.24) is 19.9 Å². The SMILES string of the molecule is COCC1(COc2cc3c(NCc4nc(N)cc(C(F)(F)F)n4)nc(C)nc3cc2OC)CC1. The molecule has 1 aliphatic rings. The molecule has 0 radical (unpaired) electrons. The first kappa shape index (κ1) is 23.7. The van der Waals surface area contributed by atoms with Crippen molar-refractivity contribution in [1.29, 1.82) is 0 Å². The van der Waals surface area contributed by atoms with Crippen molar-refractivity contribution < 1.29 is 27.4 Å². The highest BCUT2D eigenvalue weighted by molar-refractivity contribution is 5.91. The standard InChI is InChI=1S/C22H25F3N6O3/c1-12-28-14-7-15(33-3)16(34-11-21(4-5-21)10-32-2)6-13(14)20(29-12)27-9-19-30-17(22(23,24)25)8-18(26)31-19/h6-8H,4-5,9-11H2,1-3H3,(H2,26,30,31)(H,27,28,29). The zero-order chi connectivity index (χ0) is 24.5. The van der Waals surface area contributed by atoms with Crippen molar-refractivity contribution in [2.75, 3.05) is 38.5 Å². The number of aryl methyl sites for hydroxylation is 1. The fraction of sp³-hybridized carbons (Fsp3) is 0.455. The summed E-state index contributed by atoms with van der Waals surface area (Å²) in [6, 6.07) is 4.18. The maximum atomic E-state index is 13.1. The monoisotopic (exact) mass is 478 g/mol. The van der Waals surface area contributed by atoms with Crippen molar-refractivity contribution in [2.45, 2.75) is 32.5 Å². The van der Waals surface area contributed by atoms with Gasteiger partial charge < -0.3 is 25.3 Å². The normalized spacial score (nSPS) is 14.8. The van der Waals surface area contributed by atoms with Gasteiger partial charge in [-0.2, -0.15) is 13.2 Å². The molecule has 4 rings (SSSR count). The molecular formula is C22H25F3N6O3. The fourth-order valence-corrected chi connectivity index (χ4v) is 3.61.